The van der Waals surface area contributed by atoms with Gasteiger partial charge in [-0.05, 0) is 38.2 Å². The maximum Gasteiger partial charge on any atom is 0.222 e. The summed E-state index contributed by atoms with van der Waals surface area (Å²) in [6, 6.07) is 1.81. The maximum absolute atomic E-state index is 9.35. The number of aliphatic hydroxyl groups is 1. The molecule has 3 rings (SSSR count). The van der Waals surface area contributed by atoms with E-state index in [9.17, 15) is 5.11 Å². The van der Waals surface area contributed by atoms with Gasteiger partial charge in [0.1, 0.15) is 0 Å². The van der Waals surface area contributed by atoms with E-state index in [1.54, 1.807) is 19.3 Å². The van der Waals surface area contributed by atoms with Crippen LogP contribution >= 0.6 is 0 Å². The number of anilines is 2. The van der Waals surface area contributed by atoms with Crippen LogP contribution in [0.25, 0.3) is 11.3 Å². The third-order valence-corrected chi connectivity index (χ3v) is 3.55. The lowest BCUT2D eigenvalue weighted by Gasteiger charge is -2.11. The van der Waals surface area contributed by atoms with Crippen LogP contribution in [-0.2, 0) is 6.42 Å². The molecular formula is C15H20N6O. The van der Waals surface area contributed by atoms with E-state index < -0.39 is 6.10 Å². The van der Waals surface area contributed by atoms with Crippen molar-refractivity contribution in [2.75, 3.05) is 17.6 Å². The Morgan fingerprint density at radius 3 is 2.86 bits per heavy atom. The number of nitrogens with two attached hydrogens (primary N) is 1. The number of aliphatic hydroxyl groups excluding tert-OH is 1. The molecule has 22 heavy (non-hydrogen) atoms. The van der Waals surface area contributed by atoms with Gasteiger partial charge in [0.05, 0.1) is 17.5 Å². The SMILES string of the molecule is C[C@H](O)CNc1ncc(-c2ccnc(N)n2)c(CC2CC2)n1. The average Bonchev–Trinajstić information content (AvgIpc) is 3.29. The van der Waals surface area contributed by atoms with Crippen LogP contribution in [0.1, 0.15) is 25.5 Å². The molecule has 0 spiro atoms. The molecule has 7 heteroatoms. The summed E-state index contributed by atoms with van der Waals surface area (Å²) in [5.41, 5.74) is 8.26. The van der Waals surface area contributed by atoms with Gasteiger partial charge in [0.15, 0.2) is 0 Å². The first-order valence-electron chi connectivity index (χ1n) is 7.48. The van der Waals surface area contributed by atoms with Crippen LogP contribution in [0.4, 0.5) is 11.9 Å². The van der Waals surface area contributed by atoms with Gasteiger partial charge in [-0.1, -0.05) is 0 Å². The Kier molecular flexibility index (Phi) is 4.15. The van der Waals surface area contributed by atoms with Crippen molar-refractivity contribution in [3.05, 3.63) is 24.2 Å². The fraction of sp³-hybridized carbons (Fsp3) is 0.467. The number of nitrogens with one attached hydrogen (secondary N) is 1. The number of hydrogen-bond donors (Lipinski definition) is 3. The third kappa shape index (κ3) is 3.67. The highest BCUT2D eigenvalue weighted by Gasteiger charge is 2.24. The van der Waals surface area contributed by atoms with E-state index in [1.807, 2.05) is 6.07 Å². The molecule has 2 heterocycles. The van der Waals surface area contributed by atoms with E-state index >= 15 is 0 Å². The molecule has 1 saturated carbocycles. The summed E-state index contributed by atoms with van der Waals surface area (Å²) in [6.45, 7) is 2.14. The van der Waals surface area contributed by atoms with Crippen molar-refractivity contribution in [1.82, 2.24) is 19.9 Å². The molecule has 2 aromatic heterocycles. The van der Waals surface area contributed by atoms with Gasteiger partial charge >= 0.3 is 0 Å². The first kappa shape index (κ1) is 14.6. The normalized spacial score (nSPS) is 15.5. The zero-order chi connectivity index (χ0) is 15.5. The predicted octanol–water partition coefficient (Wildman–Crippen LogP) is 1.26. The Morgan fingerprint density at radius 1 is 1.36 bits per heavy atom. The topological polar surface area (TPSA) is 110 Å². The highest BCUT2D eigenvalue weighted by Crippen LogP contribution is 2.34. The second-order valence-electron chi connectivity index (χ2n) is 5.73. The standard InChI is InChI=1S/C15H20N6O/c1-9(22)7-18-15-19-8-11(12-4-5-17-14(16)20-12)13(21-15)6-10-2-3-10/h4-5,8-10,22H,2-3,6-7H2,1H3,(H2,16,17,20)(H,18,19,21)/t9-/m0/s1. The van der Waals surface area contributed by atoms with Crippen molar-refractivity contribution < 1.29 is 5.11 Å². The van der Waals surface area contributed by atoms with E-state index in [4.69, 9.17) is 5.73 Å². The summed E-state index contributed by atoms with van der Waals surface area (Å²) in [4.78, 5) is 17.1. The zero-order valence-corrected chi connectivity index (χ0v) is 12.5. The molecule has 1 aliphatic rings. The van der Waals surface area contributed by atoms with Crippen molar-refractivity contribution >= 4 is 11.9 Å². The van der Waals surface area contributed by atoms with Crippen molar-refractivity contribution in [3.8, 4) is 11.3 Å². The molecule has 1 aliphatic carbocycles. The Hall–Kier alpha value is -2.28. The lowest BCUT2D eigenvalue weighted by atomic mass is 10.1. The first-order valence-corrected chi connectivity index (χ1v) is 7.48. The van der Waals surface area contributed by atoms with E-state index in [2.05, 4.69) is 25.3 Å². The van der Waals surface area contributed by atoms with E-state index in [0.717, 1.165) is 23.4 Å². The molecule has 0 unspecified atom stereocenters. The molecule has 0 radical (unpaired) electrons. The Balaban J connectivity index is 1.90. The molecule has 116 valence electrons. The summed E-state index contributed by atoms with van der Waals surface area (Å²) in [7, 11) is 0. The van der Waals surface area contributed by atoms with E-state index in [-0.39, 0.29) is 5.95 Å². The van der Waals surface area contributed by atoms with Crippen molar-refractivity contribution in [1.29, 1.82) is 0 Å². The molecule has 1 atom stereocenters. The minimum absolute atomic E-state index is 0.242. The second-order valence-corrected chi connectivity index (χ2v) is 5.73. The van der Waals surface area contributed by atoms with Crippen LogP contribution in [0.15, 0.2) is 18.5 Å². The van der Waals surface area contributed by atoms with Gasteiger partial charge in [-0.25, -0.2) is 19.9 Å². The quantitative estimate of drug-likeness (QED) is 0.736. The van der Waals surface area contributed by atoms with Gasteiger partial charge < -0.3 is 16.2 Å². The predicted molar refractivity (Wildman–Crippen MR) is 84.1 cm³/mol. The van der Waals surface area contributed by atoms with Crippen LogP contribution in [0.2, 0.25) is 0 Å². The summed E-state index contributed by atoms with van der Waals surface area (Å²) in [6.07, 6.45) is 6.34. The number of nitrogens with zero attached hydrogens (tertiary/aromatic N) is 4. The second kappa shape index (κ2) is 6.23. The lowest BCUT2D eigenvalue weighted by Crippen LogP contribution is -2.17. The molecular weight excluding hydrogens is 280 g/mol. The van der Waals surface area contributed by atoms with Gasteiger partial charge in [-0.15, -0.1) is 0 Å². The van der Waals surface area contributed by atoms with Crippen molar-refractivity contribution in [3.63, 3.8) is 0 Å². The Morgan fingerprint density at radius 2 is 2.18 bits per heavy atom. The summed E-state index contributed by atoms with van der Waals surface area (Å²) in [5.74, 6) is 1.46. The van der Waals surface area contributed by atoms with E-state index in [0.29, 0.717) is 18.4 Å². The number of hydrogen-bond acceptors (Lipinski definition) is 7. The Bertz CT molecular complexity index is 656. The minimum Gasteiger partial charge on any atom is -0.392 e. The summed E-state index contributed by atoms with van der Waals surface area (Å²) < 4.78 is 0. The van der Waals surface area contributed by atoms with Crippen LogP contribution in [0.3, 0.4) is 0 Å². The van der Waals surface area contributed by atoms with Crippen molar-refractivity contribution in [2.45, 2.75) is 32.3 Å². The van der Waals surface area contributed by atoms with E-state index in [1.165, 1.54) is 12.8 Å². The molecule has 0 bridgehead atoms. The lowest BCUT2D eigenvalue weighted by molar-refractivity contribution is 0.208. The van der Waals surface area contributed by atoms with Gasteiger partial charge in [-0.3, -0.25) is 0 Å². The minimum atomic E-state index is -0.447. The highest BCUT2D eigenvalue weighted by atomic mass is 16.3. The molecule has 4 N–H and O–H groups in total. The molecule has 7 nitrogen and oxygen atoms in total. The number of aromatic nitrogens is 4. The van der Waals surface area contributed by atoms with Crippen LogP contribution < -0.4 is 11.1 Å². The fourth-order valence-corrected chi connectivity index (χ4v) is 2.23. The zero-order valence-electron chi connectivity index (χ0n) is 12.5. The molecule has 0 amide bonds. The fourth-order valence-electron chi connectivity index (χ4n) is 2.23. The monoisotopic (exact) mass is 300 g/mol. The van der Waals surface area contributed by atoms with Crippen LogP contribution in [0.5, 0.6) is 0 Å². The van der Waals surface area contributed by atoms with Gasteiger partial charge in [-0.2, -0.15) is 0 Å². The third-order valence-electron chi connectivity index (χ3n) is 3.55. The van der Waals surface area contributed by atoms with Crippen LogP contribution in [-0.4, -0.2) is 37.7 Å². The number of nitrogen functional groups attached to an aromatic ring is 1. The highest BCUT2D eigenvalue weighted by molar-refractivity contribution is 5.62. The smallest absolute Gasteiger partial charge is 0.222 e. The van der Waals surface area contributed by atoms with Gasteiger partial charge in [0.2, 0.25) is 11.9 Å². The van der Waals surface area contributed by atoms with Crippen molar-refractivity contribution in [2.24, 2.45) is 5.92 Å². The first-order chi connectivity index (χ1) is 10.6. The molecule has 2 aromatic rings. The summed E-state index contributed by atoms with van der Waals surface area (Å²) in [5, 5.41) is 12.4. The van der Waals surface area contributed by atoms with Gasteiger partial charge in [0, 0.05) is 24.5 Å². The summed E-state index contributed by atoms with van der Waals surface area (Å²) >= 11 is 0. The maximum atomic E-state index is 9.35. The van der Waals surface area contributed by atoms with Crippen LogP contribution in [0, 0.1) is 5.92 Å². The molecule has 0 saturated heterocycles. The molecule has 0 aliphatic heterocycles. The average molecular weight is 300 g/mol. The molecule has 1 fully saturated rings. The number of rotatable bonds is 6. The van der Waals surface area contributed by atoms with Gasteiger partial charge in [0.25, 0.3) is 0 Å². The largest absolute Gasteiger partial charge is 0.392 e. The molecule has 0 aromatic carbocycles. The Labute approximate surface area is 129 Å².